The van der Waals surface area contributed by atoms with E-state index < -0.39 is 6.10 Å². The minimum atomic E-state index is -0.404. The first-order valence-corrected chi connectivity index (χ1v) is 6.98. The molecule has 2 heterocycles. The van der Waals surface area contributed by atoms with E-state index in [0.29, 0.717) is 6.61 Å². The number of aryl methyl sites for hydroxylation is 1. The first-order valence-electron chi connectivity index (χ1n) is 6.98. The lowest BCUT2D eigenvalue weighted by Gasteiger charge is -2.36. The van der Waals surface area contributed by atoms with Crippen molar-refractivity contribution >= 4 is 0 Å². The maximum atomic E-state index is 10.6. The number of aliphatic hydroxyl groups excluding tert-OH is 1. The van der Waals surface area contributed by atoms with Gasteiger partial charge in [-0.05, 0) is 37.9 Å². The van der Waals surface area contributed by atoms with E-state index in [1.54, 1.807) is 0 Å². The molecule has 2 aliphatic rings. The van der Waals surface area contributed by atoms with Gasteiger partial charge in [0.2, 0.25) is 0 Å². The molecule has 1 saturated heterocycles. The summed E-state index contributed by atoms with van der Waals surface area (Å²) >= 11 is 0. The summed E-state index contributed by atoms with van der Waals surface area (Å²) < 4.78 is 5.94. The Labute approximate surface area is 108 Å². The number of rotatable bonds is 2. The van der Waals surface area contributed by atoms with Crippen LogP contribution in [0.2, 0.25) is 0 Å². The minimum absolute atomic E-state index is 0.132. The van der Waals surface area contributed by atoms with E-state index in [-0.39, 0.29) is 6.04 Å². The Bertz CT molecular complexity index is 427. The lowest BCUT2D eigenvalue weighted by molar-refractivity contribution is 0.0136. The van der Waals surface area contributed by atoms with Crippen LogP contribution in [0.25, 0.3) is 0 Å². The third-order valence-electron chi connectivity index (χ3n) is 4.20. The summed E-state index contributed by atoms with van der Waals surface area (Å²) in [4.78, 5) is 2.37. The fourth-order valence-electron chi connectivity index (χ4n) is 3.14. The van der Waals surface area contributed by atoms with E-state index in [0.717, 1.165) is 30.8 Å². The van der Waals surface area contributed by atoms with Crippen LogP contribution in [-0.4, -0.2) is 35.7 Å². The van der Waals surface area contributed by atoms with Crippen LogP contribution in [0.5, 0.6) is 5.75 Å². The number of ether oxygens (including phenoxy) is 1. The van der Waals surface area contributed by atoms with E-state index >= 15 is 0 Å². The molecule has 0 radical (unpaired) electrons. The molecule has 3 heteroatoms. The van der Waals surface area contributed by atoms with Crippen LogP contribution in [0.3, 0.4) is 0 Å². The van der Waals surface area contributed by atoms with E-state index in [4.69, 9.17) is 4.74 Å². The van der Waals surface area contributed by atoms with Gasteiger partial charge in [0.25, 0.3) is 0 Å². The van der Waals surface area contributed by atoms with Gasteiger partial charge in [-0.1, -0.05) is 25.1 Å². The summed E-state index contributed by atoms with van der Waals surface area (Å²) in [6.45, 7) is 4.92. The second kappa shape index (κ2) is 4.90. The molecule has 1 aromatic rings. The van der Waals surface area contributed by atoms with Gasteiger partial charge in [-0.25, -0.2) is 0 Å². The van der Waals surface area contributed by atoms with Gasteiger partial charge in [-0.15, -0.1) is 0 Å². The average molecular weight is 247 g/mol. The number of para-hydroxylation sites is 1. The number of likely N-dealkylation sites (tertiary alicyclic amines) is 1. The lowest BCUT2D eigenvalue weighted by Crippen LogP contribution is -2.44. The summed E-state index contributed by atoms with van der Waals surface area (Å²) in [5.41, 5.74) is 2.17. The molecule has 1 N–H and O–H groups in total. The molecule has 0 spiro atoms. The highest BCUT2D eigenvalue weighted by Crippen LogP contribution is 2.37. The molecule has 0 aliphatic carbocycles. The topological polar surface area (TPSA) is 32.7 Å². The van der Waals surface area contributed by atoms with Crippen LogP contribution in [-0.2, 0) is 6.42 Å². The van der Waals surface area contributed by atoms with Crippen molar-refractivity contribution in [2.24, 2.45) is 0 Å². The van der Waals surface area contributed by atoms with Gasteiger partial charge in [-0.3, -0.25) is 4.90 Å². The van der Waals surface area contributed by atoms with E-state index in [1.807, 2.05) is 12.1 Å². The average Bonchev–Trinajstić information content (AvgIpc) is 2.92. The molecule has 2 aliphatic heterocycles. The first kappa shape index (κ1) is 12.0. The van der Waals surface area contributed by atoms with Crippen LogP contribution in [0.1, 0.15) is 37.0 Å². The van der Waals surface area contributed by atoms with E-state index in [9.17, 15) is 5.11 Å². The fourth-order valence-corrected chi connectivity index (χ4v) is 3.14. The molecular formula is C15H21NO2. The second-order valence-corrected chi connectivity index (χ2v) is 5.26. The van der Waals surface area contributed by atoms with Gasteiger partial charge in [0.15, 0.2) is 0 Å². The molecule has 18 heavy (non-hydrogen) atoms. The van der Waals surface area contributed by atoms with Crippen LogP contribution in [0.4, 0.5) is 0 Å². The third kappa shape index (κ3) is 1.91. The van der Waals surface area contributed by atoms with E-state index in [2.05, 4.69) is 17.9 Å². The molecule has 1 fully saturated rings. The number of benzene rings is 1. The van der Waals surface area contributed by atoms with E-state index in [1.165, 1.54) is 18.4 Å². The highest BCUT2D eigenvalue weighted by atomic mass is 16.5. The molecule has 3 nitrogen and oxygen atoms in total. The summed E-state index contributed by atoms with van der Waals surface area (Å²) in [7, 11) is 0. The predicted molar refractivity (Wildman–Crippen MR) is 70.9 cm³/mol. The maximum absolute atomic E-state index is 10.6. The number of hydrogen-bond acceptors (Lipinski definition) is 3. The molecule has 0 bridgehead atoms. The zero-order valence-corrected chi connectivity index (χ0v) is 10.9. The minimum Gasteiger partial charge on any atom is -0.491 e. The monoisotopic (exact) mass is 247 g/mol. The first-order chi connectivity index (χ1) is 8.81. The van der Waals surface area contributed by atoms with Gasteiger partial charge < -0.3 is 9.84 Å². The molecular weight excluding hydrogens is 226 g/mol. The summed E-state index contributed by atoms with van der Waals surface area (Å²) in [5.74, 6) is 0.919. The number of aliphatic hydroxyl groups is 1. The Balaban J connectivity index is 1.89. The van der Waals surface area contributed by atoms with Gasteiger partial charge in [0.1, 0.15) is 18.5 Å². The lowest BCUT2D eigenvalue weighted by atomic mass is 9.95. The zero-order chi connectivity index (χ0) is 12.5. The summed E-state index contributed by atoms with van der Waals surface area (Å²) in [5, 5.41) is 10.6. The zero-order valence-electron chi connectivity index (χ0n) is 10.9. The van der Waals surface area contributed by atoms with Crippen LogP contribution in [0, 0.1) is 0 Å². The fraction of sp³-hybridized carbons (Fsp3) is 0.600. The van der Waals surface area contributed by atoms with Crippen molar-refractivity contribution in [3.8, 4) is 5.75 Å². The van der Waals surface area contributed by atoms with Crippen molar-refractivity contribution in [1.82, 2.24) is 4.90 Å². The smallest absolute Gasteiger partial charge is 0.128 e. The molecule has 1 aromatic carbocycles. The Kier molecular flexibility index (Phi) is 3.27. The number of hydrogen-bond donors (Lipinski definition) is 1. The normalized spacial score (nSPS) is 27.9. The Morgan fingerprint density at radius 2 is 2.11 bits per heavy atom. The van der Waals surface area contributed by atoms with Crippen LogP contribution in [0.15, 0.2) is 18.2 Å². The predicted octanol–water partition coefficient (Wildman–Crippen LogP) is 2.14. The molecule has 2 unspecified atom stereocenters. The van der Waals surface area contributed by atoms with Crippen LogP contribution >= 0.6 is 0 Å². The Morgan fingerprint density at radius 1 is 1.33 bits per heavy atom. The number of fused-ring (bicyclic) bond motifs is 1. The van der Waals surface area contributed by atoms with Crippen molar-refractivity contribution in [1.29, 1.82) is 0 Å². The van der Waals surface area contributed by atoms with Gasteiger partial charge in [0.05, 0.1) is 6.04 Å². The van der Waals surface area contributed by atoms with Crippen molar-refractivity contribution < 1.29 is 9.84 Å². The van der Waals surface area contributed by atoms with Crippen molar-refractivity contribution in [2.45, 2.75) is 38.3 Å². The van der Waals surface area contributed by atoms with Crippen LogP contribution < -0.4 is 4.74 Å². The van der Waals surface area contributed by atoms with Crippen molar-refractivity contribution in [3.05, 3.63) is 29.3 Å². The summed E-state index contributed by atoms with van der Waals surface area (Å²) in [6.07, 6.45) is 3.03. The van der Waals surface area contributed by atoms with Crippen molar-refractivity contribution in [3.63, 3.8) is 0 Å². The molecule has 0 saturated carbocycles. The molecule has 3 rings (SSSR count). The SMILES string of the molecule is CCc1cccc2c1OCC(N1CCCC1)C2O. The standard InChI is InChI=1S/C15H21NO2/c1-2-11-6-5-7-12-14(17)13(10-18-15(11)12)16-8-3-4-9-16/h5-7,13-14,17H,2-4,8-10H2,1H3. The maximum Gasteiger partial charge on any atom is 0.128 e. The van der Waals surface area contributed by atoms with Crippen molar-refractivity contribution in [2.75, 3.05) is 19.7 Å². The molecule has 0 amide bonds. The highest BCUT2D eigenvalue weighted by molar-refractivity contribution is 5.44. The Hall–Kier alpha value is -1.06. The van der Waals surface area contributed by atoms with Gasteiger partial charge >= 0.3 is 0 Å². The largest absolute Gasteiger partial charge is 0.491 e. The Morgan fingerprint density at radius 3 is 2.83 bits per heavy atom. The van der Waals surface area contributed by atoms with Gasteiger partial charge in [0, 0.05) is 5.56 Å². The van der Waals surface area contributed by atoms with Gasteiger partial charge in [-0.2, -0.15) is 0 Å². The summed E-state index contributed by atoms with van der Waals surface area (Å²) in [6, 6.07) is 6.24. The number of nitrogens with zero attached hydrogens (tertiary/aromatic N) is 1. The quantitative estimate of drug-likeness (QED) is 0.869. The third-order valence-corrected chi connectivity index (χ3v) is 4.20. The molecule has 2 atom stereocenters. The highest BCUT2D eigenvalue weighted by Gasteiger charge is 2.35. The molecule has 0 aromatic heterocycles. The molecule has 98 valence electrons. The second-order valence-electron chi connectivity index (χ2n) is 5.26.